The van der Waals surface area contributed by atoms with Crippen LogP contribution in [0.25, 0.3) is 17.0 Å². The maximum absolute atomic E-state index is 11.1. The number of aliphatic hydroxyl groups excluding tert-OH is 1. The molecule has 3 rings (SSSR count). The van der Waals surface area contributed by atoms with E-state index in [9.17, 15) is 9.90 Å². The van der Waals surface area contributed by atoms with Crippen molar-refractivity contribution in [1.29, 1.82) is 0 Å². The number of aliphatic hydroxyl groups is 1. The van der Waals surface area contributed by atoms with Crippen LogP contribution >= 0.6 is 0 Å². The molecule has 0 bridgehead atoms. The SMILES string of the molecule is Cc1ccc2[nH]cc(CCN(CCO)Cc3ccc(/C=C/C(=O)NO)cc3)c2c1. The minimum Gasteiger partial charge on any atom is -0.395 e. The molecule has 152 valence electrons. The Labute approximate surface area is 170 Å². The molecule has 6 nitrogen and oxygen atoms in total. The molecule has 0 saturated heterocycles. The van der Waals surface area contributed by atoms with Gasteiger partial charge in [0.25, 0.3) is 5.91 Å². The number of nitrogens with one attached hydrogen (secondary N) is 2. The van der Waals surface area contributed by atoms with Gasteiger partial charge in [-0.25, -0.2) is 5.48 Å². The minimum absolute atomic E-state index is 0.115. The lowest BCUT2D eigenvalue weighted by atomic mass is 10.1. The third kappa shape index (κ3) is 5.77. The van der Waals surface area contributed by atoms with Gasteiger partial charge in [0.15, 0.2) is 0 Å². The molecule has 3 aromatic rings. The van der Waals surface area contributed by atoms with Gasteiger partial charge < -0.3 is 10.1 Å². The van der Waals surface area contributed by atoms with Gasteiger partial charge in [-0.2, -0.15) is 0 Å². The lowest BCUT2D eigenvalue weighted by molar-refractivity contribution is -0.124. The van der Waals surface area contributed by atoms with Crippen molar-refractivity contribution >= 4 is 22.9 Å². The Bertz CT molecular complexity index is 977. The zero-order chi connectivity index (χ0) is 20.6. The zero-order valence-corrected chi connectivity index (χ0v) is 16.6. The van der Waals surface area contributed by atoms with E-state index in [1.165, 1.54) is 22.6 Å². The van der Waals surface area contributed by atoms with Crippen molar-refractivity contribution in [3.8, 4) is 0 Å². The molecule has 6 heteroatoms. The van der Waals surface area contributed by atoms with E-state index in [4.69, 9.17) is 5.21 Å². The van der Waals surface area contributed by atoms with Crippen LogP contribution in [0.1, 0.15) is 22.3 Å². The summed E-state index contributed by atoms with van der Waals surface area (Å²) in [7, 11) is 0. The van der Waals surface area contributed by atoms with E-state index in [-0.39, 0.29) is 6.61 Å². The molecular weight excluding hydrogens is 366 g/mol. The van der Waals surface area contributed by atoms with Gasteiger partial charge in [0.1, 0.15) is 0 Å². The molecule has 0 aliphatic rings. The summed E-state index contributed by atoms with van der Waals surface area (Å²) in [5, 5.41) is 19.2. The van der Waals surface area contributed by atoms with Crippen LogP contribution in [-0.2, 0) is 17.8 Å². The van der Waals surface area contributed by atoms with Crippen molar-refractivity contribution in [2.24, 2.45) is 0 Å². The van der Waals surface area contributed by atoms with Crippen molar-refractivity contribution in [3.05, 3.63) is 77.0 Å². The number of hydrogen-bond donors (Lipinski definition) is 4. The number of carbonyl (C=O) groups excluding carboxylic acids is 1. The summed E-state index contributed by atoms with van der Waals surface area (Å²) in [5.41, 5.74) is 7.26. The Morgan fingerprint density at radius 1 is 1.17 bits per heavy atom. The topological polar surface area (TPSA) is 88.6 Å². The first-order valence-corrected chi connectivity index (χ1v) is 9.70. The maximum Gasteiger partial charge on any atom is 0.267 e. The molecule has 1 aromatic heterocycles. The van der Waals surface area contributed by atoms with E-state index < -0.39 is 5.91 Å². The predicted octanol–water partition coefficient (Wildman–Crippen LogP) is 3.03. The van der Waals surface area contributed by atoms with E-state index in [0.29, 0.717) is 6.54 Å². The molecule has 4 N–H and O–H groups in total. The van der Waals surface area contributed by atoms with Gasteiger partial charge in [-0.05, 0) is 48.2 Å². The maximum atomic E-state index is 11.1. The summed E-state index contributed by atoms with van der Waals surface area (Å²) < 4.78 is 0. The number of hydrogen-bond acceptors (Lipinski definition) is 4. The van der Waals surface area contributed by atoms with Crippen LogP contribution < -0.4 is 5.48 Å². The summed E-state index contributed by atoms with van der Waals surface area (Å²) in [4.78, 5) is 16.6. The minimum atomic E-state index is -0.560. The second kappa shape index (κ2) is 10.0. The van der Waals surface area contributed by atoms with Crippen molar-refractivity contribution in [2.45, 2.75) is 19.9 Å². The Hall–Kier alpha value is -2.93. The lowest BCUT2D eigenvalue weighted by Crippen LogP contribution is -2.28. The van der Waals surface area contributed by atoms with E-state index in [1.807, 2.05) is 24.3 Å². The highest BCUT2D eigenvalue weighted by Gasteiger charge is 2.09. The van der Waals surface area contributed by atoms with Gasteiger partial charge in [-0.1, -0.05) is 35.9 Å². The van der Waals surface area contributed by atoms with E-state index in [1.54, 1.807) is 11.6 Å². The van der Waals surface area contributed by atoms with Crippen LogP contribution in [-0.4, -0.2) is 45.8 Å². The number of H-pyrrole nitrogens is 1. The number of aryl methyl sites for hydroxylation is 1. The van der Waals surface area contributed by atoms with Gasteiger partial charge in [-0.15, -0.1) is 0 Å². The molecule has 29 heavy (non-hydrogen) atoms. The first-order valence-electron chi connectivity index (χ1n) is 9.70. The molecule has 0 unspecified atom stereocenters. The number of aromatic nitrogens is 1. The fraction of sp³-hybridized carbons (Fsp3) is 0.261. The van der Waals surface area contributed by atoms with Crippen molar-refractivity contribution < 1.29 is 15.1 Å². The fourth-order valence-electron chi connectivity index (χ4n) is 3.39. The smallest absolute Gasteiger partial charge is 0.267 e. The van der Waals surface area contributed by atoms with Crippen LogP contribution in [0.5, 0.6) is 0 Å². The molecule has 2 aromatic carbocycles. The molecule has 1 heterocycles. The number of carbonyl (C=O) groups is 1. The van der Waals surface area contributed by atoms with Crippen LogP contribution in [0, 0.1) is 6.92 Å². The van der Waals surface area contributed by atoms with E-state index in [0.717, 1.165) is 36.2 Å². The number of fused-ring (bicyclic) bond motifs is 1. The normalized spacial score (nSPS) is 11.6. The number of aromatic amines is 1. The standard InChI is InChI=1S/C23H27N3O3/c1-17-2-8-22-21(14-17)20(15-24-22)10-11-26(12-13-27)16-19-5-3-18(4-6-19)7-9-23(28)25-29/h2-9,14-15,24,27,29H,10-13,16H2,1H3,(H,25,28)/b9-7+. The van der Waals surface area contributed by atoms with Crippen molar-refractivity contribution in [2.75, 3.05) is 19.7 Å². The van der Waals surface area contributed by atoms with Crippen molar-refractivity contribution in [3.63, 3.8) is 0 Å². The van der Waals surface area contributed by atoms with Gasteiger partial charge in [-0.3, -0.25) is 14.9 Å². The number of nitrogens with zero attached hydrogens (tertiary/aromatic N) is 1. The molecule has 0 aliphatic carbocycles. The summed E-state index contributed by atoms with van der Waals surface area (Å²) in [5.74, 6) is -0.560. The Kier molecular flexibility index (Phi) is 7.19. The van der Waals surface area contributed by atoms with Gasteiger partial charge >= 0.3 is 0 Å². The quantitative estimate of drug-likeness (QED) is 0.256. The number of hydroxylamine groups is 1. The summed E-state index contributed by atoms with van der Waals surface area (Å²) in [6.45, 7) is 4.41. The molecule has 1 amide bonds. The van der Waals surface area contributed by atoms with E-state index >= 15 is 0 Å². The molecule has 0 fully saturated rings. The first kappa shape index (κ1) is 20.8. The highest BCUT2D eigenvalue weighted by molar-refractivity contribution is 5.90. The molecular formula is C23H27N3O3. The van der Waals surface area contributed by atoms with Gasteiger partial charge in [0.2, 0.25) is 0 Å². The molecule has 0 radical (unpaired) electrons. The van der Waals surface area contributed by atoms with Gasteiger partial charge in [0.05, 0.1) is 6.61 Å². The molecule has 0 spiro atoms. The highest BCUT2D eigenvalue weighted by Crippen LogP contribution is 2.20. The Morgan fingerprint density at radius 3 is 2.69 bits per heavy atom. The third-order valence-corrected chi connectivity index (χ3v) is 4.96. The van der Waals surface area contributed by atoms with Crippen molar-refractivity contribution in [1.82, 2.24) is 15.4 Å². The zero-order valence-electron chi connectivity index (χ0n) is 16.6. The average Bonchev–Trinajstić information content (AvgIpc) is 3.13. The highest BCUT2D eigenvalue weighted by atomic mass is 16.5. The van der Waals surface area contributed by atoms with Crippen LogP contribution in [0.4, 0.5) is 0 Å². The predicted molar refractivity (Wildman–Crippen MR) is 115 cm³/mol. The largest absolute Gasteiger partial charge is 0.395 e. The number of rotatable bonds is 9. The molecule has 0 saturated carbocycles. The first-order chi connectivity index (χ1) is 14.1. The fourth-order valence-corrected chi connectivity index (χ4v) is 3.39. The average molecular weight is 393 g/mol. The second-order valence-corrected chi connectivity index (χ2v) is 7.16. The monoisotopic (exact) mass is 393 g/mol. The third-order valence-electron chi connectivity index (χ3n) is 4.96. The van der Waals surface area contributed by atoms with Crippen LogP contribution in [0.3, 0.4) is 0 Å². The lowest BCUT2D eigenvalue weighted by Gasteiger charge is -2.21. The Balaban J connectivity index is 1.63. The summed E-state index contributed by atoms with van der Waals surface area (Å²) >= 11 is 0. The molecule has 0 atom stereocenters. The summed E-state index contributed by atoms with van der Waals surface area (Å²) in [6, 6.07) is 14.3. The molecule has 0 aliphatic heterocycles. The van der Waals surface area contributed by atoms with Gasteiger partial charge in [0, 0.05) is 42.8 Å². The summed E-state index contributed by atoms with van der Waals surface area (Å²) in [6.07, 6.45) is 5.89. The second-order valence-electron chi connectivity index (χ2n) is 7.16. The Morgan fingerprint density at radius 2 is 1.97 bits per heavy atom. The number of benzene rings is 2. The van der Waals surface area contributed by atoms with Crippen LogP contribution in [0.15, 0.2) is 54.7 Å². The number of amides is 1. The van der Waals surface area contributed by atoms with Crippen LogP contribution in [0.2, 0.25) is 0 Å². The van der Waals surface area contributed by atoms with E-state index in [2.05, 4.69) is 41.2 Å².